The van der Waals surface area contributed by atoms with Crippen LogP contribution in [0.5, 0.6) is 0 Å². The van der Waals surface area contributed by atoms with Gasteiger partial charge in [0.1, 0.15) is 0 Å². The fourth-order valence-corrected chi connectivity index (χ4v) is 1.34. The molecule has 0 radical (unpaired) electrons. The van der Waals surface area contributed by atoms with E-state index in [2.05, 4.69) is 9.72 Å². The summed E-state index contributed by atoms with van der Waals surface area (Å²) in [7, 11) is 1.21. The van der Waals surface area contributed by atoms with E-state index in [-0.39, 0.29) is 22.7 Å². The number of Topliss-reactive ketones (excluding diaryl/α,β-unsaturated/α-hetero) is 1. The van der Waals surface area contributed by atoms with E-state index < -0.39 is 17.7 Å². The number of carboxylic acid groups (broad SMARTS) is 1. The molecule has 0 saturated carbocycles. The van der Waals surface area contributed by atoms with E-state index in [1.165, 1.54) is 7.11 Å². The number of hydrogen-bond acceptors (Lipinski definition) is 4. The molecule has 1 rings (SSSR count). The third-order valence-electron chi connectivity index (χ3n) is 1.88. The third-order valence-corrected chi connectivity index (χ3v) is 2.31. The van der Waals surface area contributed by atoms with Crippen LogP contribution < -0.4 is 0 Å². The average molecular weight is 246 g/mol. The minimum Gasteiger partial charge on any atom is -0.475 e. The largest absolute Gasteiger partial charge is 0.475 e. The van der Waals surface area contributed by atoms with Crippen molar-refractivity contribution in [3.8, 4) is 0 Å². The second kappa shape index (κ2) is 4.80. The number of esters is 1. The standard InChI is InChI=1S/C9H8ClNO5/c1-16-6(12)2-5-7(10)4(3-11-5)8(13)9(14)15/h3,11H,2H2,1H3,(H,14,15). The van der Waals surface area contributed by atoms with E-state index in [0.29, 0.717) is 0 Å². The zero-order valence-electron chi connectivity index (χ0n) is 8.24. The quantitative estimate of drug-likeness (QED) is 0.461. The first-order chi connectivity index (χ1) is 7.47. The average Bonchev–Trinajstić information content (AvgIpc) is 2.59. The van der Waals surface area contributed by atoms with Crippen LogP contribution in [0.15, 0.2) is 6.20 Å². The van der Waals surface area contributed by atoms with Gasteiger partial charge in [-0.05, 0) is 0 Å². The number of carboxylic acids is 1. The van der Waals surface area contributed by atoms with Crippen LogP contribution in [0.2, 0.25) is 5.02 Å². The van der Waals surface area contributed by atoms with Crippen LogP contribution in [0.25, 0.3) is 0 Å². The van der Waals surface area contributed by atoms with Gasteiger partial charge in [0.05, 0.1) is 24.1 Å². The van der Waals surface area contributed by atoms with Crippen molar-refractivity contribution in [1.82, 2.24) is 4.98 Å². The lowest BCUT2D eigenvalue weighted by Gasteiger charge is -1.97. The number of H-pyrrole nitrogens is 1. The lowest BCUT2D eigenvalue weighted by molar-refractivity contribution is -0.139. The molecule has 6 nitrogen and oxygen atoms in total. The molecule has 0 aliphatic heterocycles. The Bertz CT molecular complexity index is 451. The van der Waals surface area contributed by atoms with Gasteiger partial charge in [-0.2, -0.15) is 0 Å². The summed E-state index contributed by atoms with van der Waals surface area (Å²) < 4.78 is 4.41. The number of ketones is 1. The van der Waals surface area contributed by atoms with Gasteiger partial charge in [0.25, 0.3) is 5.78 Å². The van der Waals surface area contributed by atoms with E-state index in [4.69, 9.17) is 16.7 Å². The van der Waals surface area contributed by atoms with Crippen molar-refractivity contribution >= 4 is 29.3 Å². The maximum absolute atomic E-state index is 11.1. The molecule has 2 N–H and O–H groups in total. The number of nitrogens with one attached hydrogen (secondary N) is 1. The number of carbonyl (C=O) groups excluding carboxylic acids is 2. The maximum Gasteiger partial charge on any atom is 0.377 e. The Morgan fingerprint density at radius 1 is 1.50 bits per heavy atom. The predicted octanol–water partition coefficient (Wildman–Crippen LogP) is 0.651. The minimum atomic E-state index is -1.61. The number of aromatic nitrogens is 1. The molecule has 1 aromatic heterocycles. The van der Waals surface area contributed by atoms with Gasteiger partial charge in [0.2, 0.25) is 0 Å². The van der Waals surface area contributed by atoms with Gasteiger partial charge in [-0.3, -0.25) is 9.59 Å². The number of halogens is 1. The fraction of sp³-hybridized carbons (Fsp3) is 0.222. The Labute approximate surface area is 95.2 Å². The van der Waals surface area contributed by atoms with Crippen LogP contribution in [-0.4, -0.2) is 34.9 Å². The normalized spacial score (nSPS) is 9.88. The summed E-state index contributed by atoms with van der Waals surface area (Å²) in [6.45, 7) is 0. The molecule has 0 aromatic carbocycles. The van der Waals surface area contributed by atoms with Gasteiger partial charge >= 0.3 is 11.9 Å². The molecule has 1 aromatic rings. The van der Waals surface area contributed by atoms with Crippen molar-refractivity contribution in [2.45, 2.75) is 6.42 Å². The summed E-state index contributed by atoms with van der Waals surface area (Å²) in [4.78, 5) is 35.0. The predicted molar refractivity (Wildman–Crippen MR) is 53.5 cm³/mol. The zero-order valence-corrected chi connectivity index (χ0v) is 9.00. The summed E-state index contributed by atoms with van der Waals surface area (Å²) >= 11 is 5.74. The summed E-state index contributed by atoms with van der Waals surface area (Å²) in [6, 6.07) is 0. The Hall–Kier alpha value is -1.82. The van der Waals surface area contributed by atoms with Gasteiger partial charge in [-0.1, -0.05) is 11.6 Å². The Morgan fingerprint density at radius 2 is 2.12 bits per heavy atom. The van der Waals surface area contributed by atoms with Crippen molar-refractivity contribution in [1.29, 1.82) is 0 Å². The highest BCUT2D eigenvalue weighted by atomic mass is 35.5. The van der Waals surface area contributed by atoms with Crippen molar-refractivity contribution in [2.24, 2.45) is 0 Å². The first-order valence-electron chi connectivity index (χ1n) is 4.17. The first kappa shape index (κ1) is 12.3. The second-order valence-electron chi connectivity index (χ2n) is 2.88. The number of methoxy groups -OCH3 is 1. The molecule has 0 atom stereocenters. The molecule has 0 saturated heterocycles. The lowest BCUT2D eigenvalue weighted by atomic mass is 10.2. The molecule has 0 aliphatic carbocycles. The molecule has 7 heteroatoms. The summed E-state index contributed by atoms with van der Waals surface area (Å²) in [6.07, 6.45) is 0.999. The van der Waals surface area contributed by atoms with E-state index >= 15 is 0 Å². The molecule has 86 valence electrons. The SMILES string of the molecule is COC(=O)Cc1[nH]cc(C(=O)C(=O)O)c1Cl. The molecule has 0 fully saturated rings. The second-order valence-corrected chi connectivity index (χ2v) is 3.26. The van der Waals surface area contributed by atoms with Gasteiger partial charge in [-0.15, -0.1) is 0 Å². The molecule has 0 amide bonds. The van der Waals surface area contributed by atoms with Crippen LogP contribution in [0.1, 0.15) is 16.1 Å². The van der Waals surface area contributed by atoms with Gasteiger partial charge < -0.3 is 14.8 Å². The van der Waals surface area contributed by atoms with Crippen molar-refractivity contribution < 1.29 is 24.2 Å². The molecular formula is C9H8ClNO5. The molecule has 0 spiro atoms. The van der Waals surface area contributed by atoms with Crippen LogP contribution in [-0.2, 0) is 20.7 Å². The summed E-state index contributed by atoms with van der Waals surface area (Å²) in [5.74, 6) is -3.28. The summed E-state index contributed by atoms with van der Waals surface area (Å²) in [5.41, 5.74) is 0.0752. The molecule has 0 bridgehead atoms. The molecule has 16 heavy (non-hydrogen) atoms. The van der Waals surface area contributed by atoms with Crippen molar-refractivity contribution in [2.75, 3.05) is 7.11 Å². The van der Waals surface area contributed by atoms with Gasteiger partial charge in [0, 0.05) is 11.9 Å². The highest BCUT2D eigenvalue weighted by Gasteiger charge is 2.22. The zero-order chi connectivity index (χ0) is 12.3. The minimum absolute atomic E-state index is 0.0715. The fourth-order valence-electron chi connectivity index (χ4n) is 1.07. The Morgan fingerprint density at radius 3 is 2.62 bits per heavy atom. The topological polar surface area (TPSA) is 96.5 Å². The molecule has 0 aliphatic rings. The van der Waals surface area contributed by atoms with E-state index in [1.54, 1.807) is 0 Å². The molecule has 1 heterocycles. The molecular weight excluding hydrogens is 238 g/mol. The third kappa shape index (κ3) is 2.40. The monoisotopic (exact) mass is 245 g/mol. The van der Waals surface area contributed by atoms with E-state index in [9.17, 15) is 14.4 Å². The molecule has 0 unspecified atom stereocenters. The number of hydrogen-bond donors (Lipinski definition) is 2. The lowest BCUT2D eigenvalue weighted by Crippen LogP contribution is -2.12. The number of aliphatic carboxylic acids is 1. The van der Waals surface area contributed by atoms with Crippen molar-refractivity contribution in [3.05, 3.63) is 22.5 Å². The number of aromatic amines is 1. The van der Waals surface area contributed by atoms with Gasteiger partial charge in [0.15, 0.2) is 0 Å². The van der Waals surface area contributed by atoms with Crippen LogP contribution in [0.3, 0.4) is 0 Å². The number of ether oxygens (including phenoxy) is 1. The van der Waals surface area contributed by atoms with Crippen LogP contribution >= 0.6 is 11.6 Å². The van der Waals surface area contributed by atoms with E-state index in [0.717, 1.165) is 6.20 Å². The highest BCUT2D eigenvalue weighted by Crippen LogP contribution is 2.21. The Kier molecular flexibility index (Phi) is 3.68. The smallest absolute Gasteiger partial charge is 0.377 e. The van der Waals surface area contributed by atoms with Crippen LogP contribution in [0.4, 0.5) is 0 Å². The number of rotatable bonds is 4. The Balaban J connectivity index is 2.97. The summed E-state index contributed by atoms with van der Waals surface area (Å²) in [5, 5.41) is 8.41. The number of carbonyl (C=O) groups is 3. The van der Waals surface area contributed by atoms with E-state index in [1.807, 2.05) is 0 Å². The van der Waals surface area contributed by atoms with Crippen molar-refractivity contribution in [3.63, 3.8) is 0 Å². The van der Waals surface area contributed by atoms with Gasteiger partial charge in [-0.25, -0.2) is 4.79 Å². The maximum atomic E-state index is 11.1. The highest BCUT2D eigenvalue weighted by molar-refractivity contribution is 6.45. The van der Waals surface area contributed by atoms with Crippen LogP contribution in [0, 0.1) is 0 Å². The first-order valence-corrected chi connectivity index (χ1v) is 4.55.